The maximum absolute atomic E-state index is 12.1. The van der Waals surface area contributed by atoms with Crippen LogP contribution in [0.5, 0.6) is 0 Å². The zero-order chi connectivity index (χ0) is 15.8. The van der Waals surface area contributed by atoms with Crippen LogP contribution in [-0.4, -0.2) is 47.3 Å². The van der Waals surface area contributed by atoms with E-state index in [4.69, 9.17) is 5.11 Å². The van der Waals surface area contributed by atoms with Crippen molar-refractivity contribution < 1.29 is 24.2 Å². The number of carboxylic acids is 1. The van der Waals surface area contributed by atoms with Crippen molar-refractivity contribution in [2.45, 2.75) is 23.9 Å². The van der Waals surface area contributed by atoms with E-state index in [2.05, 4.69) is 15.0 Å². The molecule has 114 valence electrons. The molecule has 0 spiro atoms. The summed E-state index contributed by atoms with van der Waals surface area (Å²) in [7, 11) is 1.22. The Morgan fingerprint density at radius 3 is 2.76 bits per heavy atom. The van der Waals surface area contributed by atoms with Gasteiger partial charge in [-0.25, -0.2) is 9.78 Å². The van der Waals surface area contributed by atoms with Crippen molar-refractivity contribution in [2.24, 2.45) is 0 Å². The average Bonchev–Trinajstić information content (AvgIpc) is 2.50. The molecule has 21 heavy (non-hydrogen) atoms. The fourth-order valence-corrected chi connectivity index (χ4v) is 2.13. The Kier molecular flexibility index (Phi) is 6.67. The van der Waals surface area contributed by atoms with E-state index in [0.717, 1.165) is 0 Å². The number of carbonyl (C=O) groups excluding carboxylic acids is 2. The number of aromatic nitrogens is 1. The van der Waals surface area contributed by atoms with Crippen molar-refractivity contribution in [1.82, 2.24) is 10.3 Å². The summed E-state index contributed by atoms with van der Waals surface area (Å²) in [6.07, 6.45) is 3.19. The lowest BCUT2D eigenvalue weighted by Gasteiger charge is -2.14. The molecule has 0 unspecified atom stereocenters. The van der Waals surface area contributed by atoms with E-state index in [0.29, 0.717) is 10.6 Å². The van der Waals surface area contributed by atoms with Gasteiger partial charge in [0.25, 0.3) is 5.91 Å². The maximum Gasteiger partial charge on any atom is 0.326 e. The quantitative estimate of drug-likeness (QED) is 0.570. The highest BCUT2D eigenvalue weighted by atomic mass is 32.2. The third-order valence-corrected chi connectivity index (χ3v) is 3.39. The molecule has 0 saturated carbocycles. The molecule has 7 nitrogen and oxygen atoms in total. The number of thioether (sulfide) groups is 1. The molecule has 1 atom stereocenters. The number of rotatable bonds is 7. The summed E-state index contributed by atoms with van der Waals surface area (Å²) in [6, 6.07) is 2.00. The Morgan fingerprint density at radius 1 is 1.48 bits per heavy atom. The van der Waals surface area contributed by atoms with E-state index in [1.807, 2.05) is 0 Å². The van der Waals surface area contributed by atoms with Gasteiger partial charge in [-0.1, -0.05) is 0 Å². The third-order valence-electron chi connectivity index (χ3n) is 2.68. The van der Waals surface area contributed by atoms with Crippen molar-refractivity contribution in [2.75, 3.05) is 13.4 Å². The van der Waals surface area contributed by atoms with E-state index in [9.17, 15) is 14.4 Å². The van der Waals surface area contributed by atoms with Gasteiger partial charge in [-0.05, 0) is 24.8 Å². The number of carbonyl (C=O) groups is 3. The minimum atomic E-state index is -1.21. The first-order chi connectivity index (χ1) is 9.99. The van der Waals surface area contributed by atoms with Crippen LogP contribution in [0.15, 0.2) is 23.4 Å². The molecule has 1 heterocycles. The van der Waals surface area contributed by atoms with Gasteiger partial charge in [0.1, 0.15) is 11.1 Å². The normalized spacial score (nSPS) is 11.5. The molecule has 1 aromatic heterocycles. The number of esters is 1. The van der Waals surface area contributed by atoms with Crippen molar-refractivity contribution in [1.29, 1.82) is 0 Å². The summed E-state index contributed by atoms with van der Waals surface area (Å²) in [5.74, 6) is -2.27. The van der Waals surface area contributed by atoms with Crippen LogP contribution in [0, 0.1) is 0 Å². The molecule has 0 fully saturated rings. The number of aliphatic carboxylic acids is 1. The van der Waals surface area contributed by atoms with Gasteiger partial charge < -0.3 is 15.2 Å². The lowest BCUT2D eigenvalue weighted by molar-refractivity contribution is -0.142. The number of nitrogens with one attached hydrogen (secondary N) is 1. The predicted molar refractivity (Wildman–Crippen MR) is 76.2 cm³/mol. The highest BCUT2D eigenvalue weighted by molar-refractivity contribution is 7.98. The summed E-state index contributed by atoms with van der Waals surface area (Å²) in [5, 5.41) is 12.0. The molecule has 8 heteroatoms. The van der Waals surface area contributed by atoms with E-state index in [-0.39, 0.29) is 12.8 Å². The third kappa shape index (κ3) is 5.07. The number of hydrogen-bond acceptors (Lipinski definition) is 6. The van der Waals surface area contributed by atoms with Crippen LogP contribution >= 0.6 is 11.8 Å². The first-order valence-electron chi connectivity index (χ1n) is 6.09. The number of amides is 1. The van der Waals surface area contributed by atoms with Crippen molar-refractivity contribution in [3.8, 4) is 0 Å². The van der Waals surface area contributed by atoms with E-state index in [1.165, 1.54) is 18.9 Å². The summed E-state index contributed by atoms with van der Waals surface area (Å²) in [5.41, 5.74) is 0.300. The van der Waals surface area contributed by atoms with Gasteiger partial charge in [0.05, 0.1) is 12.7 Å². The molecular formula is C13H16N2O5S. The van der Waals surface area contributed by atoms with Crippen LogP contribution in [0.25, 0.3) is 0 Å². The zero-order valence-corrected chi connectivity index (χ0v) is 12.5. The van der Waals surface area contributed by atoms with Crippen LogP contribution < -0.4 is 5.32 Å². The first-order valence-corrected chi connectivity index (χ1v) is 7.31. The Morgan fingerprint density at radius 2 is 2.19 bits per heavy atom. The average molecular weight is 312 g/mol. The molecule has 0 aliphatic heterocycles. The predicted octanol–water partition coefficient (Wildman–Crippen LogP) is 0.940. The Hall–Kier alpha value is -2.09. The second kappa shape index (κ2) is 8.25. The smallest absolute Gasteiger partial charge is 0.326 e. The fraction of sp³-hybridized carbons (Fsp3) is 0.385. The molecule has 0 saturated heterocycles. The number of carboxylic acid groups (broad SMARTS) is 1. The van der Waals surface area contributed by atoms with E-state index < -0.39 is 23.9 Å². The minimum absolute atomic E-state index is 0.0391. The second-order valence-electron chi connectivity index (χ2n) is 4.04. The van der Waals surface area contributed by atoms with Crippen LogP contribution in [0.1, 0.15) is 23.2 Å². The molecule has 1 rings (SSSR count). The van der Waals surface area contributed by atoms with Crippen molar-refractivity contribution >= 4 is 29.6 Å². The van der Waals surface area contributed by atoms with Crippen LogP contribution in [0.4, 0.5) is 0 Å². The van der Waals surface area contributed by atoms with Crippen LogP contribution in [0.3, 0.4) is 0 Å². The van der Waals surface area contributed by atoms with Gasteiger partial charge in [-0.15, -0.1) is 11.8 Å². The van der Waals surface area contributed by atoms with Crippen LogP contribution in [-0.2, 0) is 14.3 Å². The van der Waals surface area contributed by atoms with Gasteiger partial charge in [0, 0.05) is 12.6 Å². The molecule has 0 aliphatic carbocycles. The molecule has 0 radical (unpaired) electrons. The Balaban J connectivity index is 2.76. The number of methoxy groups -OCH3 is 1. The van der Waals surface area contributed by atoms with Gasteiger partial charge >= 0.3 is 11.9 Å². The lowest BCUT2D eigenvalue weighted by atomic mass is 10.1. The van der Waals surface area contributed by atoms with Crippen molar-refractivity contribution in [3.05, 3.63) is 23.9 Å². The first kappa shape index (κ1) is 17.0. The maximum atomic E-state index is 12.1. The monoisotopic (exact) mass is 312 g/mol. The molecule has 0 aromatic carbocycles. The highest BCUT2D eigenvalue weighted by Crippen LogP contribution is 2.17. The van der Waals surface area contributed by atoms with Gasteiger partial charge in [-0.2, -0.15) is 0 Å². The van der Waals surface area contributed by atoms with Gasteiger partial charge in [0.2, 0.25) is 0 Å². The van der Waals surface area contributed by atoms with Crippen molar-refractivity contribution in [3.63, 3.8) is 0 Å². The summed E-state index contributed by atoms with van der Waals surface area (Å²) < 4.78 is 4.45. The van der Waals surface area contributed by atoms with Gasteiger partial charge in [-0.3, -0.25) is 9.59 Å². The summed E-state index contributed by atoms with van der Waals surface area (Å²) in [6.45, 7) is 0. The fourth-order valence-electron chi connectivity index (χ4n) is 1.58. The Labute approximate surface area is 126 Å². The molecule has 1 aromatic rings. The molecular weight excluding hydrogens is 296 g/mol. The molecule has 0 aliphatic rings. The summed E-state index contributed by atoms with van der Waals surface area (Å²) >= 11 is 1.29. The second-order valence-corrected chi connectivity index (χ2v) is 4.83. The zero-order valence-electron chi connectivity index (χ0n) is 11.7. The number of pyridine rings is 1. The van der Waals surface area contributed by atoms with E-state index in [1.54, 1.807) is 24.6 Å². The topological polar surface area (TPSA) is 106 Å². The number of nitrogens with zero attached hydrogens (tertiary/aromatic N) is 1. The minimum Gasteiger partial charge on any atom is -0.480 e. The molecule has 1 amide bonds. The van der Waals surface area contributed by atoms with E-state index >= 15 is 0 Å². The SMILES string of the molecule is COC(=O)CC[C@H](NC(=O)c1cccnc1SC)C(=O)O. The lowest BCUT2D eigenvalue weighted by Crippen LogP contribution is -2.41. The Bertz CT molecular complexity index is 535. The number of hydrogen-bond donors (Lipinski definition) is 2. The highest BCUT2D eigenvalue weighted by Gasteiger charge is 2.23. The van der Waals surface area contributed by atoms with Gasteiger partial charge in [0.15, 0.2) is 0 Å². The molecule has 2 N–H and O–H groups in total. The van der Waals surface area contributed by atoms with Crippen LogP contribution in [0.2, 0.25) is 0 Å². The summed E-state index contributed by atoms with van der Waals surface area (Å²) in [4.78, 5) is 38.3. The molecule has 0 bridgehead atoms. The largest absolute Gasteiger partial charge is 0.480 e. The standard InChI is InChI=1S/C13H16N2O5S/c1-20-10(16)6-5-9(13(18)19)15-11(17)8-4-3-7-14-12(8)21-2/h3-4,7,9H,5-6H2,1-2H3,(H,15,17)(H,18,19)/t9-/m0/s1. The number of ether oxygens (including phenoxy) is 1.